The van der Waals surface area contributed by atoms with E-state index in [1.165, 1.54) is 31.7 Å². The molecule has 3 rings (SSSR count). The number of carbonyl (C=O) groups excluding carboxylic acids is 1. The van der Waals surface area contributed by atoms with Crippen molar-refractivity contribution in [3.63, 3.8) is 0 Å². The topological polar surface area (TPSA) is 35.6 Å². The Labute approximate surface area is 137 Å². The number of rotatable bonds is 3. The van der Waals surface area contributed by atoms with Gasteiger partial charge in [-0.15, -0.1) is 0 Å². The van der Waals surface area contributed by atoms with Crippen LogP contribution >= 0.6 is 0 Å². The van der Waals surface area contributed by atoms with Gasteiger partial charge in [-0.1, -0.05) is 25.0 Å². The first-order valence-corrected chi connectivity index (χ1v) is 8.78. The minimum atomic E-state index is -0.383. The van der Waals surface area contributed by atoms with Gasteiger partial charge in [-0.25, -0.2) is 9.18 Å². The second kappa shape index (κ2) is 7.77. The molecule has 0 spiro atoms. The molecule has 5 heteroatoms. The molecule has 0 aliphatic carbocycles. The van der Waals surface area contributed by atoms with Gasteiger partial charge in [-0.3, -0.25) is 0 Å². The van der Waals surface area contributed by atoms with Crippen molar-refractivity contribution in [2.45, 2.75) is 44.6 Å². The third-order valence-corrected chi connectivity index (χ3v) is 4.92. The fourth-order valence-electron chi connectivity index (χ4n) is 3.65. The number of carbonyl (C=O) groups is 1. The summed E-state index contributed by atoms with van der Waals surface area (Å²) in [6, 6.07) is 6.43. The molecule has 1 atom stereocenters. The Morgan fingerprint density at radius 2 is 1.83 bits per heavy atom. The normalized spacial score (nSPS) is 22.8. The Hall–Kier alpha value is -1.62. The largest absolute Gasteiger partial charge is 0.322 e. The Kier molecular flexibility index (Phi) is 5.49. The highest BCUT2D eigenvalue weighted by Gasteiger charge is 2.28. The third-order valence-electron chi connectivity index (χ3n) is 4.92. The lowest BCUT2D eigenvalue weighted by molar-refractivity contribution is 0.164. The van der Waals surface area contributed by atoms with Crippen LogP contribution in [-0.2, 0) is 0 Å². The number of hydrogen-bond donors (Lipinski definition) is 1. The van der Waals surface area contributed by atoms with Gasteiger partial charge >= 0.3 is 6.03 Å². The number of anilines is 1. The van der Waals surface area contributed by atoms with E-state index in [2.05, 4.69) is 10.2 Å². The van der Waals surface area contributed by atoms with E-state index in [4.69, 9.17) is 0 Å². The number of likely N-dealkylation sites (tertiary alicyclic amines) is 2. The van der Waals surface area contributed by atoms with Crippen molar-refractivity contribution in [1.82, 2.24) is 9.80 Å². The summed E-state index contributed by atoms with van der Waals surface area (Å²) in [5, 5.41) is 2.76. The number of urea groups is 1. The van der Waals surface area contributed by atoms with Crippen molar-refractivity contribution < 1.29 is 9.18 Å². The van der Waals surface area contributed by atoms with Gasteiger partial charge in [-0.2, -0.15) is 0 Å². The molecule has 0 bridgehead atoms. The minimum Gasteiger partial charge on any atom is -0.320 e. The Bertz CT molecular complexity index is 531. The Morgan fingerprint density at radius 1 is 1.09 bits per heavy atom. The summed E-state index contributed by atoms with van der Waals surface area (Å²) >= 11 is 0. The number of hydrogen-bond acceptors (Lipinski definition) is 2. The predicted molar refractivity (Wildman–Crippen MR) is 90.1 cm³/mol. The summed E-state index contributed by atoms with van der Waals surface area (Å²) in [5.74, 6) is -0.383. The molecular formula is C18H26FN3O. The molecule has 2 saturated heterocycles. The molecule has 4 nitrogen and oxygen atoms in total. The predicted octanol–water partition coefficient (Wildman–Crippen LogP) is 3.70. The van der Waals surface area contributed by atoms with Crippen molar-refractivity contribution in [2.75, 3.05) is 31.5 Å². The van der Waals surface area contributed by atoms with Crippen molar-refractivity contribution in [1.29, 1.82) is 0 Å². The Balaban J connectivity index is 1.68. The summed E-state index contributed by atoms with van der Waals surface area (Å²) in [5.41, 5.74) is 0.265. The highest BCUT2D eigenvalue weighted by atomic mass is 19.1. The maximum absolute atomic E-state index is 13.8. The molecule has 2 aliphatic rings. The van der Waals surface area contributed by atoms with Crippen LogP contribution in [-0.4, -0.2) is 48.1 Å². The molecule has 0 radical (unpaired) electrons. The van der Waals surface area contributed by atoms with Gasteiger partial charge in [0.15, 0.2) is 0 Å². The molecule has 126 valence electrons. The lowest BCUT2D eigenvalue weighted by atomic mass is 10.1. The number of nitrogens with one attached hydrogen (secondary N) is 1. The standard InChI is InChI=1S/C18H26FN3O/c19-16-9-3-4-10-17(16)20-18(23)22-13-5-1-2-8-15(22)14-21-11-6-7-12-21/h3-4,9-10,15H,1-2,5-8,11-14H2,(H,20,23). The number of benzene rings is 1. The molecule has 2 amide bonds. The van der Waals surface area contributed by atoms with Crippen molar-refractivity contribution in [3.05, 3.63) is 30.1 Å². The van der Waals surface area contributed by atoms with Crippen LogP contribution < -0.4 is 5.32 Å². The van der Waals surface area contributed by atoms with Crippen LogP contribution in [0.3, 0.4) is 0 Å². The number of amides is 2. The van der Waals surface area contributed by atoms with Crippen LogP contribution in [0, 0.1) is 5.82 Å². The van der Waals surface area contributed by atoms with E-state index in [1.807, 2.05) is 4.90 Å². The van der Waals surface area contributed by atoms with E-state index in [-0.39, 0.29) is 23.6 Å². The van der Waals surface area contributed by atoms with E-state index >= 15 is 0 Å². The second-order valence-corrected chi connectivity index (χ2v) is 6.61. The fraction of sp³-hybridized carbons (Fsp3) is 0.611. The van der Waals surface area contributed by atoms with E-state index in [0.29, 0.717) is 0 Å². The SMILES string of the molecule is O=C(Nc1ccccc1F)N1CCCCCC1CN1CCCC1. The summed E-state index contributed by atoms with van der Waals surface area (Å²) in [7, 11) is 0. The molecule has 2 fully saturated rings. The van der Waals surface area contributed by atoms with Crippen LogP contribution in [0.15, 0.2) is 24.3 Å². The lowest BCUT2D eigenvalue weighted by Crippen LogP contribution is -2.47. The fourth-order valence-corrected chi connectivity index (χ4v) is 3.65. The maximum Gasteiger partial charge on any atom is 0.322 e. The lowest BCUT2D eigenvalue weighted by Gasteiger charge is -2.33. The summed E-state index contributed by atoms with van der Waals surface area (Å²) < 4.78 is 13.8. The zero-order valence-electron chi connectivity index (χ0n) is 13.6. The van der Waals surface area contributed by atoms with E-state index in [0.717, 1.165) is 39.0 Å². The van der Waals surface area contributed by atoms with Crippen LogP contribution in [0.5, 0.6) is 0 Å². The molecule has 1 aromatic rings. The van der Waals surface area contributed by atoms with Gasteiger partial charge in [0.25, 0.3) is 0 Å². The first-order chi connectivity index (χ1) is 11.2. The number of halogens is 1. The first kappa shape index (κ1) is 16.2. The van der Waals surface area contributed by atoms with Crippen LogP contribution in [0.25, 0.3) is 0 Å². The van der Waals surface area contributed by atoms with Gasteiger partial charge in [0.05, 0.1) is 5.69 Å². The molecule has 0 saturated carbocycles. The summed E-state index contributed by atoms with van der Waals surface area (Å²) in [6.07, 6.45) is 6.92. The molecular weight excluding hydrogens is 293 g/mol. The highest BCUT2D eigenvalue weighted by molar-refractivity contribution is 5.89. The zero-order chi connectivity index (χ0) is 16.1. The molecule has 1 aromatic carbocycles. The van der Waals surface area contributed by atoms with Crippen molar-refractivity contribution in [2.24, 2.45) is 0 Å². The molecule has 2 heterocycles. The van der Waals surface area contributed by atoms with Gasteiger partial charge in [0, 0.05) is 19.1 Å². The number of nitrogens with zero attached hydrogens (tertiary/aromatic N) is 2. The molecule has 1 N–H and O–H groups in total. The molecule has 23 heavy (non-hydrogen) atoms. The quantitative estimate of drug-likeness (QED) is 0.922. The zero-order valence-corrected chi connectivity index (χ0v) is 13.6. The molecule has 2 aliphatic heterocycles. The van der Waals surface area contributed by atoms with Crippen molar-refractivity contribution in [3.8, 4) is 0 Å². The average molecular weight is 319 g/mol. The summed E-state index contributed by atoms with van der Waals surface area (Å²) in [6.45, 7) is 3.99. The van der Waals surface area contributed by atoms with Crippen molar-refractivity contribution >= 4 is 11.7 Å². The van der Waals surface area contributed by atoms with Crippen LogP contribution in [0.2, 0.25) is 0 Å². The average Bonchev–Trinajstić information content (AvgIpc) is 2.94. The van der Waals surface area contributed by atoms with Gasteiger partial charge in [0.1, 0.15) is 5.82 Å². The first-order valence-electron chi connectivity index (χ1n) is 8.78. The summed E-state index contributed by atoms with van der Waals surface area (Å²) in [4.78, 5) is 17.1. The van der Waals surface area contributed by atoms with Crippen LogP contribution in [0.4, 0.5) is 14.9 Å². The second-order valence-electron chi connectivity index (χ2n) is 6.61. The smallest absolute Gasteiger partial charge is 0.320 e. The van der Waals surface area contributed by atoms with Gasteiger partial charge in [-0.05, 0) is 50.9 Å². The highest BCUT2D eigenvalue weighted by Crippen LogP contribution is 2.21. The third kappa shape index (κ3) is 4.22. The Morgan fingerprint density at radius 3 is 2.61 bits per heavy atom. The maximum atomic E-state index is 13.8. The monoisotopic (exact) mass is 319 g/mol. The van der Waals surface area contributed by atoms with Gasteiger partial charge in [0.2, 0.25) is 0 Å². The molecule has 0 aromatic heterocycles. The van der Waals surface area contributed by atoms with E-state index in [9.17, 15) is 9.18 Å². The van der Waals surface area contributed by atoms with Gasteiger partial charge < -0.3 is 15.1 Å². The number of para-hydroxylation sites is 1. The minimum absolute atomic E-state index is 0.166. The molecule has 1 unspecified atom stereocenters. The van der Waals surface area contributed by atoms with E-state index in [1.54, 1.807) is 18.2 Å². The van der Waals surface area contributed by atoms with E-state index < -0.39 is 0 Å². The van der Waals surface area contributed by atoms with Crippen LogP contribution in [0.1, 0.15) is 38.5 Å².